The molecule has 9 N–H and O–H groups in total. The molecule has 1 amide bonds. The first-order chi connectivity index (χ1) is 34.6. The first-order valence-corrected chi connectivity index (χ1v) is 28.0. The lowest BCUT2D eigenvalue weighted by Gasteiger charge is -2.46. The Bertz CT molecular complexity index is 1420. The van der Waals surface area contributed by atoms with Gasteiger partial charge < -0.3 is 65.1 Å². The summed E-state index contributed by atoms with van der Waals surface area (Å²) in [6.07, 6.45) is 37.2. The van der Waals surface area contributed by atoms with Crippen LogP contribution < -0.4 is 5.32 Å². The first kappa shape index (κ1) is 64.8. The van der Waals surface area contributed by atoms with E-state index in [1.165, 1.54) is 128 Å². The number of aliphatic hydroxyl groups is 8. The van der Waals surface area contributed by atoms with Crippen molar-refractivity contribution in [1.82, 2.24) is 5.32 Å². The molecule has 412 valence electrons. The van der Waals surface area contributed by atoms with Crippen molar-refractivity contribution in [2.24, 2.45) is 0 Å². The predicted molar refractivity (Wildman–Crippen MR) is 281 cm³/mol. The lowest BCUT2D eigenvalue weighted by Crippen LogP contribution is -2.65. The monoisotopic (exact) mass is 1010 g/mol. The van der Waals surface area contributed by atoms with Gasteiger partial charge in [0.1, 0.15) is 48.8 Å². The molecule has 14 heteroatoms. The Morgan fingerprint density at radius 3 is 1.46 bits per heavy atom. The summed E-state index contributed by atoms with van der Waals surface area (Å²) < 4.78 is 22.7. The number of carbonyl (C=O) groups excluding carboxylic acids is 1. The van der Waals surface area contributed by atoms with Gasteiger partial charge in [0.25, 0.3) is 0 Å². The predicted octanol–water partition coefficient (Wildman–Crippen LogP) is 8.61. The maximum atomic E-state index is 13.1. The molecule has 0 saturated carbocycles. The Hall–Kier alpha value is -2.31. The molecule has 71 heavy (non-hydrogen) atoms. The molecule has 0 aliphatic carbocycles. The van der Waals surface area contributed by atoms with Crippen molar-refractivity contribution in [3.63, 3.8) is 0 Å². The normalized spacial score (nSPS) is 26.2. The van der Waals surface area contributed by atoms with Gasteiger partial charge in [0.2, 0.25) is 5.91 Å². The van der Waals surface area contributed by atoms with E-state index in [4.69, 9.17) is 18.9 Å². The number of hydrogen-bond acceptors (Lipinski definition) is 13. The summed E-state index contributed by atoms with van der Waals surface area (Å²) in [6, 6.07) is -0.954. The molecule has 0 bridgehead atoms. The fraction of sp³-hybridized carbons (Fsp3) is 0.807. The lowest BCUT2D eigenvalue weighted by atomic mass is 9.97. The molecule has 2 rings (SSSR count). The van der Waals surface area contributed by atoms with Crippen LogP contribution in [0.3, 0.4) is 0 Å². The van der Waals surface area contributed by atoms with Gasteiger partial charge in [-0.25, -0.2) is 0 Å². The Morgan fingerprint density at radius 2 is 0.972 bits per heavy atom. The van der Waals surface area contributed by atoms with Crippen molar-refractivity contribution in [3.05, 3.63) is 60.8 Å². The van der Waals surface area contributed by atoms with Crippen LogP contribution in [0.1, 0.15) is 200 Å². The molecule has 0 radical (unpaired) electrons. The maximum absolute atomic E-state index is 13.1. The van der Waals surface area contributed by atoms with E-state index in [-0.39, 0.29) is 18.9 Å². The van der Waals surface area contributed by atoms with Crippen molar-refractivity contribution in [3.8, 4) is 0 Å². The summed E-state index contributed by atoms with van der Waals surface area (Å²) in [5.74, 6) is -0.320. The summed E-state index contributed by atoms with van der Waals surface area (Å²) in [4.78, 5) is 13.1. The summed E-state index contributed by atoms with van der Waals surface area (Å²) in [5.41, 5.74) is 0. The van der Waals surface area contributed by atoms with E-state index in [1.807, 2.05) is 18.2 Å². The van der Waals surface area contributed by atoms with Crippen LogP contribution in [0.5, 0.6) is 0 Å². The van der Waals surface area contributed by atoms with Crippen molar-refractivity contribution in [2.45, 2.75) is 274 Å². The van der Waals surface area contributed by atoms with Crippen LogP contribution in [-0.4, -0.2) is 140 Å². The van der Waals surface area contributed by atoms with Gasteiger partial charge >= 0.3 is 0 Å². The highest BCUT2D eigenvalue weighted by Crippen LogP contribution is 2.30. The Morgan fingerprint density at radius 1 is 0.521 bits per heavy atom. The van der Waals surface area contributed by atoms with Gasteiger partial charge in [-0.05, 0) is 44.9 Å². The standard InChI is InChI=1S/C57H101NO13/c1-3-5-7-9-11-13-15-17-18-19-20-21-22-23-24-25-26-27-29-30-32-34-36-38-40-46(61)45(58-49(62)41-39-37-35-33-31-28-16-14-12-10-8-6-4-2)44-68-56-54(67)52(65)55(48(43-60)70-56)71-57-53(66)51(64)50(63)47(42-59)69-57/h6,8,12,14,28,31,35,37-38,40,45-48,50-57,59-61,63-67H,3-5,7,9-11,13,15-27,29-30,32-34,36,39,41-44H2,1-2H3,(H,58,62)/b8-6-,14-12-,31-28-,37-35-,40-38+. The number of rotatable bonds is 43. The third kappa shape index (κ3) is 29.4. The lowest BCUT2D eigenvalue weighted by molar-refractivity contribution is -0.359. The second-order valence-electron chi connectivity index (χ2n) is 19.7. The molecule has 0 aromatic carbocycles. The Kier molecular flexibility index (Phi) is 39.2. The molecule has 2 aliphatic rings. The minimum absolute atomic E-state index is 0.158. The first-order valence-electron chi connectivity index (χ1n) is 28.0. The number of aliphatic hydroxyl groups excluding tert-OH is 8. The number of allylic oxidation sites excluding steroid dienone is 9. The minimum atomic E-state index is -1.80. The Balaban J connectivity index is 1.79. The molecule has 2 saturated heterocycles. The van der Waals surface area contributed by atoms with Crippen LogP contribution in [0, 0.1) is 0 Å². The SMILES string of the molecule is CC/C=C\C/C=C\C/C=C\C/C=C\CCC(=O)NC(COC1OC(CO)C(OC2OC(CO)C(O)C(O)C2O)C(O)C1O)C(O)/C=C/CCCCCCCCCCCCCCCCCCCCCCCC. The van der Waals surface area contributed by atoms with Gasteiger partial charge in [-0.2, -0.15) is 0 Å². The number of unbranched alkanes of at least 4 members (excludes halogenated alkanes) is 22. The smallest absolute Gasteiger partial charge is 0.220 e. The molecular weight excluding hydrogens is 907 g/mol. The number of hydrogen-bond donors (Lipinski definition) is 9. The number of carbonyl (C=O) groups is 1. The number of ether oxygens (including phenoxy) is 4. The molecule has 0 spiro atoms. The van der Waals surface area contributed by atoms with Crippen molar-refractivity contribution >= 4 is 5.91 Å². The van der Waals surface area contributed by atoms with Crippen LogP contribution in [0.25, 0.3) is 0 Å². The van der Waals surface area contributed by atoms with E-state index < -0.39 is 86.8 Å². The fourth-order valence-corrected chi connectivity index (χ4v) is 8.95. The number of nitrogens with one attached hydrogen (secondary N) is 1. The van der Waals surface area contributed by atoms with Gasteiger partial charge in [-0.15, -0.1) is 0 Å². The molecule has 0 aromatic heterocycles. The summed E-state index contributed by atoms with van der Waals surface area (Å²) in [7, 11) is 0. The average molecular weight is 1010 g/mol. The zero-order valence-electron chi connectivity index (χ0n) is 43.9. The van der Waals surface area contributed by atoms with Gasteiger partial charge in [-0.3, -0.25) is 4.79 Å². The largest absolute Gasteiger partial charge is 0.394 e. The quantitative estimate of drug-likeness (QED) is 0.0206. The van der Waals surface area contributed by atoms with E-state index >= 15 is 0 Å². The summed E-state index contributed by atoms with van der Waals surface area (Å²) in [5, 5.41) is 86.8. The van der Waals surface area contributed by atoms with Gasteiger partial charge in [0.15, 0.2) is 12.6 Å². The van der Waals surface area contributed by atoms with Gasteiger partial charge in [0, 0.05) is 6.42 Å². The van der Waals surface area contributed by atoms with E-state index in [2.05, 4.69) is 55.6 Å². The molecule has 2 fully saturated rings. The van der Waals surface area contributed by atoms with Crippen molar-refractivity contribution < 1.29 is 64.6 Å². The summed E-state index contributed by atoms with van der Waals surface area (Å²) >= 11 is 0. The minimum Gasteiger partial charge on any atom is -0.394 e. The van der Waals surface area contributed by atoms with Crippen LogP contribution in [0.4, 0.5) is 0 Å². The average Bonchev–Trinajstić information content (AvgIpc) is 3.37. The van der Waals surface area contributed by atoms with Crippen molar-refractivity contribution in [2.75, 3.05) is 19.8 Å². The highest BCUT2D eigenvalue weighted by Gasteiger charge is 2.51. The van der Waals surface area contributed by atoms with Crippen LogP contribution in [0.15, 0.2) is 60.8 Å². The molecule has 2 heterocycles. The van der Waals surface area contributed by atoms with E-state index in [9.17, 15) is 45.6 Å². The molecule has 12 atom stereocenters. The fourth-order valence-electron chi connectivity index (χ4n) is 8.95. The van der Waals surface area contributed by atoms with Gasteiger partial charge in [0.05, 0.1) is 32.0 Å². The van der Waals surface area contributed by atoms with Crippen LogP contribution in [-0.2, 0) is 23.7 Å². The highest BCUT2D eigenvalue weighted by molar-refractivity contribution is 5.76. The van der Waals surface area contributed by atoms with E-state index in [1.54, 1.807) is 6.08 Å². The topological polar surface area (TPSA) is 228 Å². The Labute approximate surface area is 428 Å². The van der Waals surface area contributed by atoms with Crippen LogP contribution >= 0.6 is 0 Å². The third-order valence-electron chi connectivity index (χ3n) is 13.5. The van der Waals surface area contributed by atoms with E-state index in [0.29, 0.717) is 6.42 Å². The van der Waals surface area contributed by atoms with Crippen molar-refractivity contribution in [1.29, 1.82) is 0 Å². The maximum Gasteiger partial charge on any atom is 0.220 e. The molecule has 2 aliphatic heterocycles. The second-order valence-corrected chi connectivity index (χ2v) is 19.7. The summed E-state index contributed by atoms with van der Waals surface area (Å²) in [6.45, 7) is 2.62. The molecular formula is C57H101NO13. The zero-order chi connectivity index (χ0) is 51.7. The molecule has 14 nitrogen and oxygen atoms in total. The number of amides is 1. The molecule has 0 aromatic rings. The van der Waals surface area contributed by atoms with E-state index in [0.717, 1.165) is 44.9 Å². The second kappa shape index (κ2) is 43.0. The zero-order valence-corrected chi connectivity index (χ0v) is 43.9. The third-order valence-corrected chi connectivity index (χ3v) is 13.5. The van der Waals surface area contributed by atoms with Crippen LogP contribution in [0.2, 0.25) is 0 Å². The molecule has 12 unspecified atom stereocenters. The van der Waals surface area contributed by atoms with Gasteiger partial charge in [-0.1, -0.05) is 209 Å². The highest BCUT2D eigenvalue weighted by atomic mass is 16.7.